The monoisotopic (exact) mass is 365 g/mol. The van der Waals surface area contributed by atoms with Crippen molar-refractivity contribution >= 4 is 23.2 Å². The molecule has 0 radical (unpaired) electrons. The van der Waals surface area contributed by atoms with Crippen LogP contribution in [0.2, 0.25) is 0 Å². The van der Waals surface area contributed by atoms with Gasteiger partial charge in [-0.15, -0.1) is 11.3 Å². The average Bonchev–Trinajstić information content (AvgIpc) is 3.18. The highest BCUT2D eigenvalue weighted by Gasteiger charge is 2.19. The van der Waals surface area contributed by atoms with Gasteiger partial charge in [-0.05, 0) is 33.1 Å². The molecule has 25 heavy (non-hydrogen) atoms. The van der Waals surface area contributed by atoms with E-state index in [2.05, 4.69) is 17.1 Å². The summed E-state index contributed by atoms with van der Waals surface area (Å²) < 4.78 is 10.3. The van der Waals surface area contributed by atoms with Crippen molar-refractivity contribution in [3.05, 3.63) is 33.1 Å². The Kier molecular flexibility index (Phi) is 6.69. The lowest BCUT2D eigenvalue weighted by Gasteiger charge is -2.07. The number of nitrogens with two attached hydrogens (primary N) is 1. The van der Waals surface area contributed by atoms with Crippen molar-refractivity contribution in [2.24, 2.45) is 5.73 Å². The minimum Gasteiger partial charge on any atom is -0.448 e. The number of carbonyl (C=O) groups excluding carboxylic acids is 2. The van der Waals surface area contributed by atoms with Gasteiger partial charge in [-0.1, -0.05) is 18.5 Å². The number of hydrogen-bond acceptors (Lipinski definition) is 7. The molecule has 0 fully saturated rings. The maximum atomic E-state index is 11.9. The smallest absolute Gasteiger partial charge is 0.350 e. The van der Waals surface area contributed by atoms with E-state index < -0.39 is 18.0 Å². The molecule has 2 rings (SSSR count). The number of unbranched alkanes of at least 4 members (excludes halogenated alkanes) is 1. The lowest BCUT2D eigenvalue weighted by Crippen LogP contribution is -2.30. The standard InChI is InChI=1S/C17H23N3O4S/c1-4-5-6-13-12(10(2)24-20-13)7-8-15-19-9-14(25-15)17(22)23-11(3)16(18)21/h9,11H,4-8H2,1-3H3,(H2,18,21). The Bertz CT molecular complexity index is 738. The molecule has 0 saturated carbocycles. The lowest BCUT2D eigenvalue weighted by atomic mass is 10.0. The van der Waals surface area contributed by atoms with E-state index >= 15 is 0 Å². The summed E-state index contributed by atoms with van der Waals surface area (Å²) in [5, 5.41) is 4.96. The molecule has 0 spiro atoms. The van der Waals surface area contributed by atoms with Crippen molar-refractivity contribution in [2.75, 3.05) is 0 Å². The fraction of sp³-hybridized carbons (Fsp3) is 0.529. The fourth-order valence-corrected chi connectivity index (χ4v) is 3.13. The Morgan fingerprint density at radius 1 is 1.36 bits per heavy atom. The molecule has 2 N–H and O–H groups in total. The first-order valence-corrected chi connectivity index (χ1v) is 9.13. The minimum atomic E-state index is -0.959. The Labute approximate surface area is 150 Å². The van der Waals surface area contributed by atoms with Crippen LogP contribution >= 0.6 is 11.3 Å². The van der Waals surface area contributed by atoms with Crippen LogP contribution in [-0.4, -0.2) is 28.1 Å². The molecule has 2 aromatic rings. The molecule has 2 heterocycles. The van der Waals surface area contributed by atoms with E-state index in [1.807, 2.05) is 6.92 Å². The van der Waals surface area contributed by atoms with Gasteiger partial charge in [0, 0.05) is 12.0 Å². The quantitative estimate of drug-likeness (QED) is 0.684. The summed E-state index contributed by atoms with van der Waals surface area (Å²) in [4.78, 5) is 27.5. The Hall–Kier alpha value is -2.22. The third kappa shape index (κ3) is 5.12. The predicted molar refractivity (Wildman–Crippen MR) is 93.4 cm³/mol. The number of nitrogens with zero attached hydrogens (tertiary/aromatic N) is 2. The normalized spacial score (nSPS) is 12.1. The second-order valence-corrected chi connectivity index (χ2v) is 6.95. The van der Waals surface area contributed by atoms with Crippen molar-refractivity contribution in [2.45, 2.75) is 59.0 Å². The summed E-state index contributed by atoms with van der Waals surface area (Å²) in [6.07, 6.45) is 5.03. The molecule has 0 bridgehead atoms. The van der Waals surface area contributed by atoms with Crippen LogP contribution < -0.4 is 5.73 Å². The summed E-state index contributed by atoms with van der Waals surface area (Å²) in [6.45, 7) is 5.49. The highest BCUT2D eigenvalue weighted by atomic mass is 32.1. The number of primary amides is 1. The summed E-state index contributed by atoms with van der Waals surface area (Å²) in [5.41, 5.74) is 7.22. The van der Waals surface area contributed by atoms with Gasteiger partial charge in [0.1, 0.15) is 10.6 Å². The number of rotatable bonds is 9. The number of aryl methyl sites for hydroxylation is 3. The molecular weight excluding hydrogens is 342 g/mol. The SMILES string of the molecule is CCCCc1noc(C)c1CCc1ncc(C(=O)OC(C)C(N)=O)s1. The molecular formula is C17H23N3O4S. The summed E-state index contributed by atoms with van der Waals surface area (Å²) in [5.74, 6) is -0.432. The minimum absolute atomic E-state index is 0.358. The van der Waals surface area contributed by atoms with Crippen LogP contribution in [0.15, 0.2) is 10.7 Å². The van der Waals surface area contributed by atoms with Gasteiger partial charge < -0.3 is 15.0 Å². The van der Waals surface area contributed by atoms with E-state index in [-0.39, 0.29) is 0 Å². The molecule has 1 unspecified atom stereocenters. The van der Waals surface area contributed by atoms with Crippen LogP contribution in [0.5, 0.6) is 0 Å². The molecule has 0 saturated heterocycles. The van der Waals surface area contributed by atoms with Crippen LogP contribution in [0.3, 0.4) is 0 Å². The second-order valence-electron chi connectivity index (χ2n) is 5.84. The number of aromatic nitrogens is 2. The lowest BCUT2D eigenvalue weighted by molar-refractivity contribution is -0.125. The number of esters is 1. The maximum Gasteiger partial charge on any atom is 0.350 e. The van der Waals surface area contributed by atoms with Crippen molar-refractivity contribution < 1.29 is 18.8 Å². The number of ether oxygens (including phenoxy) is 1. The van der Waals surface area contributed by atoms with Crippen LogP contribution in [0.1, 0.15) is 58.4 Å². The third-order valence-corrected chi connectivity index (χ3v) is 4.90. The molecule has 8 heteroatoms. The van der Waals surface area contributed by atoms with Gasteiger partial charge >= 0.3 is 5.97 Å². The largest absolute Gasteiger partial charge is 0.448 e. The molecule has 136 valence electrons. The zero-order valence-electron chi connectivity index (χ0n) is 14.7. The average molecular weight is 365 g/mol. The van der Waals surface area contributed by atoms with Gasteiger partial charge in [0.2, 0.25) is 0 Å². The van der Waals surface area contributed by atoms with Crippen molar-refractivity contribution in [3.63, 3.8) is 0 Å². The molecule has 0 aliphatic carbocycles. The first kappa shape index (κ1) is 19.1. The molecule has 0 aliphatic rings. The Morgan fingerprint density at radius 3 is 2.80 bits per heavy atom. The van der Waals surface area contributed by atoms with E-state index in [4.69, 9.17) is 15.0 Å². The number of amides is 1. The maximum absolute atomic E-state index is 11.9. The Morgan fingerprint density at radius 2 is 2.12 bits per heavy atom. The molecule has 0 aromatic carbocycles. The van der Waals surface area contributed by atoms with Gasteiger partial charge in [-0.25, -0.2) is 9.78 Å². The summed E-state index contributed by atoms with van der Waals surface area (Å²) >= 11 is 1.26. The summed E-state index contributed by atoms with van der Waals surface area (Å²) in [7, 11) is 0. The molecule has 2 aromatic heterocycles. The molecule has 1 atom stereocenters. The first-order chi connectivity index (χ1) is 11.9. The topological polar surface area (TPSA) is 108 Å². The van der Waals surface area contributed by atoms with E-state index in [0.29, 0.717) is 11.3 Å². The van der Waals surface area contributed by atoms with Crippen LogP contribution in [0.4, 0.5) is 0 Å². The van der Waals surface area contributed by atoms with Crippen molar-refractivity contribution in [3.8, 4) is 0 Å². The van der Waals surface area contributed by atoms with E-state index in [1.165, 1.54) is 24.5 Å². The van der Waals surface area contributed by atoms with Gasteiger partial charge in [0.25, 0.3) is 5.91 Å². The highest BCUT2D eigenvalue weighted by Crippen LogP contribution is 2.21. The van der Waals surface area contributed by atoms with Crippen LogP contribution in [0.25, 0.3) is 0 Å². The van der Waals surface area contributed by atoms with Gasteiger partial charge in [0.05, 0.1) is 16.9 Å². The molecule has 1 amide bonds. The zero-order valence-corrected chi connectivity index (χ0v) is 15.5. The van der Waals surface area contributed by atoms with Gasteiger partial charge in [-0.2, -0.15) is 0 Å². The van der Waals surface area contributed by atoms with Crippen molar-refractivity contribution in [1.82, 2.24) is 10.1 Å². The van der Waals surface area contributed by atoms with E-state index in [0.717, 1.165) is 47.7 Å². The fourth-order valence-electron chi connectivity index (χ4n) is 2.33. The highest BCUT2D eigenvalue weighted by molar-refractivity contribution is 7.13. The molecule has 7 nitrogen and oxygen atoms in total. The number of thiazole rings is 1. The van der Waals surface area contributed by atoms with Gasteiger partial charge in [0.15, 0.2) is 6.10 Å². The van der Waals surface area contributed by atoms with Crippen molar-refractivity contribution in [1.29, 1.82) is 0 Å². The van der Waals surface area contributed by atoms with Gasteiger partial charge in [-0.3, -0.25) is 4.79 Å². The van der Waals surface area contributed by atoms with Crippen LogP contribution in [-0.2, 0) is 28.8 Å². The van der Waals surface area contributed by atoms with E-state index in [1.54, 1.807) is 0 Å². The van der Waals surface area contributed by atoms with E-state index in [9.17, 15) is 9.59 Å². The first-order valence-electron chi connectivity index (χ1n) is 8.31. The zero-order chi connectivity index (χ0) is 18.4. The molecule has 0 aliphatic heterocycles. The van der Waals surface area contributed by atoms with Crippen LogP contribution in [0, 0.1) is 6.92 Å². The Balaban J connectivity index is 1.97. The third-order valence-electron chi connectivity index (χ3n) is 3.86. The number of hydrogen-bond donors (Lipinski definition) is 1. The summed E-state index contributed by atoms with van der Waals surface area (Å²) in [6, 6.07) is 0. The predicted octanol–water partition coefficient (Wildman–Crippen LogP) is 2.60. The number of carbonyl (C=O) groups is 2. The second kappa shape index (κ2) is 8.75.